The van der Waals surface area contributed by atoms with Gasteiger partial charge in [-0.1, -0.05) is 12.1 Å². The zero-order chi connectivity index (χ0) is 14.7. The number of amides is 1. The summed E-state index contributed by atoms with van der Waals surface area (Å²) < 4.78 is 5.21. The molecule has 104 valence electrons. The summed E-state index contributed by atoms with van der Waals surface area (Å²) in [6.45, 7) is 0. The normalized spacial score (nSPS) is 10.3. The summed E-state index contributed by atoms with van der Waals surface area (Å²) in [5, 5.41) is 2.76. The molecule has 0 atom stereocenters. The maximum atomic E-state index is 12.1. The number of rotatable bonds is 3. The van der Waals surface area contributed by atoms with Gasteiger partial charge >= 0.3 is 0 Å². The van der Waals surface area contributed by atoms with Gasteiger partial charge in [0, 0.05) is 23.5 Å². The van der Waals surface area contributed by atoms with Gasteiger partial charge in [0.1, 0.15) is 0 Å². The minimum atomic E-state index is -0.305. The number of aromatic nitrogens is 2. The lowest BCUT2D eigenvalue weighted by Gasteiger charge is -2.06. The lowest BCUT2D eigenvalue weighted by Crippen LogP contribution is -2.14. The zero-order valence-electron chi connectivity index (χ0n) is 10.9. The van der Waals surface area contributed by atoms with Crippen LogP contribution in [0, 0.1) is 0 Å². The van der Waals surface area contributed by atoms with Crippen LogP contribution in [0.4, 0.5) is 5.69 Å². The van der Waals surface area contributed by atoms with Crippen LogP contribution in [0.1, 0.15) is 10.4 Å². The first-order valence-electron chi connectivity index (χ1n) is 6.21. The highest BCUT2D eigenvalue weighted by molar-refractivity contribution is 6.04. The van der Waals surface area contributed by atoms with Crippen molar-refractivity contribution >= 4 is 11.6 Å². The summed E-state index contributed by atoms with van der Waals surface area (Å²) in [6.07, 6.45) is 4.32. The molecule has 2 heterocycles. The number of hydrogen-bond acceptors (Lipinski definition) is 4. The van der Waals surface area contributed by atoms with Gasteiger partial charge in [-0.3, -0.25) is 9.59 Å². The lowest BCUT2D eigenvalue weighted by molar-refractivity contribution is 0.102. The van der Waals surface area contributed by atoms with Gasteiger partial charge in [0.25, 0.3) is 5.91 Å². The highest BCUT2D eigenvalue weighted by Gasteiger charge is 2.07. The van der Waals surface area contributed by atoms with Crippen LogP contribution in [-0.2, 0) is 0 Å². The van der Waals surface area contributed by atoms with Crippen molar-refractivity contribution in [1.29, 1.82) is 0 Å². The van der Waals surface area contributed by atoms with Crippen LogP contribution in [0.2, 0.25) is 0 Å². The molecule has 0 saturated heterocycles. The molecule has 0 radical (unpaired) electrons. The highest BCUT2D eigenvalue weighted by Crippen LogP contribution is 2.22. The molecule has 1 amide bonds. The van der Waals surface area contributed by atoms with Crippen molar-refractivity contribution in [1.82, 2.24) is 9.97 Å². The Morgan fingerprint density at radius 2 is 2.14 bits per heavy atom. The van der Waals surface area contributed by atoms with E-state index in [2.05, 4.69) is 15.3 Å². The largest absolute Gasteiger partial charge is 0.444 e. The molecule has 0 spiro atoms. The van der Waals surface area contributed by atoms with Crippen molar-refractivity contribution in [2.45, 2.75) is 0 Å². The van der Waals surface area contributed by atoms with E-state index in [-0.39, 0.29) is 11.5 Å². The molecular formula is C15H11N3O3. The van der Waals surface area contributed by atoms with Crippen LogP contribution in [0.5, 0.6) is 0 Å². The summed E-state index contributed by atoms with van der Waals surface area (Å²) in [5.41, 5.74) is 1.56. The van der Waals surface area contributed by atoms with E-state index in [1.807, 2.05) is 6.07 Å². The summed E-state index contributed by atoms with van der Waals surface area (Å²) in [7, 11) is 0. The van der Waals surface area contributed by atoms with Crippen LogP contribution in [0.25, 0.3) is 11.3 Å². The Labute approximate surface area is 119 Å². The van der Waals surface area contributed by atoms with Crippen molar-refractivity contribution < 1.29 is 9.21 Å². The average Bonchev–Trinajstić information content (AvgIpc) is 3.02. The van der Waals surface area contributed by atoms with Crippen LogP contribution < -0.4 is 10.9 Å². The van der Waals surface area contributed by atoms with Gasteiger partial charge in [0.15, 0.2) is 12.2 Å². The van der Waals surface area contributed by atoms with Crippen LogP contribution in [0.15, 0.2) is 64.4 Å². The first-order chi connectivity index (χ1) is 10.2. The number of oxazole rings is 1. The number of anilines is 1. The van der Waals surface area contributed by atoms with Crippen molar-refractivity contribution in [2.24, 2.45) is 0 Å². The van der Waals surface area contributed by atoms with E-state index < -0.39 is 0 Å². The highest BCUT2D eigenvalue weighted by atomic mass is 16.3. The molecule has 0 bridgehead atoms. The summed E-state index contributed by atoms with van der Waals surface area (Å²) in [4.78, 5) is 29.3. The number of nitrogens with one attached hydrogen (secondary N) is 2. The predicted molar refractivity (Wildman–Crippen MR) is 77.0 cm³/mol. The molecule has 3 aromatic rings. The van der Waals surface area contributed by atoms with Crippen LogP contribution >= 0.6 is 0 Å². The molecule has 6 heteroatoms. The second-order valence-corrected chi connectivity index (χ2v) is 4.34. The number of carbonyl (C=O) groups is 1. The number of benzene rings is 1. The Morgan fingerprint density at radius 1 is 1.24 bits per heavy atom. The van der Waals surface area contributed by atoms with Crippen molar-refractivity contribution in [2.75, 3.05) is 5.32 Å². The van der Waals surface area contributed by atoms with Gasteiger partial charge in [-0.2, -0.15) is 0 Å². The fourth-order valence-corrected chi connectivity index (χ4v) is 1.86. The van der Waals surface area contributed by atoms with Crippen LogP contribution in [0.3, 0.4) is 0 Å². The molecule has 3 rings (SSSR count). The van der Waals surface area contributed by atoms with Gasteiger partial charge in [0.05, 0.1) is 11.8 Å². The first-order valence-corrected chi connectivity index (χ1v) is 6.21. The number of H-pyrrole nitrogens is 1. The van der Waals surface area contributed by atoms with Gasteiger partial charge in [-0.25, -0.2) is 4.98 Å². The number of pyridine rings is 1. The van der Waals surface area contributed by atoms with E-state index in [0.717, 1.165) is 5.56 Å². The Kier molecular flexibility index (Phi) is 3.34. The topological polar surface area (TPSA) is 88.0 Å². The minimum absolute atomic E-state index is 0.251. The first kappa shape index (κ1) is 12.9. The Bertz CT molecular complexity index is 802. The van der Waals surface area contributed by atoms with E-state index >= 15 is 0 Å². The molecule has 2 N–H and O–H groups in total. The van der Waals surface area contributed by atoms with E-state index in [1.165, 1.54) is 24.7 Å². The fourth-order valence-electron chi connectivity index (χ4n) is 1.86. The molecule has 0 aliphatic rings. The van der Waals surface area contributed by atoms with Gasteiger partial charge in [-0.15, -0.1) is 0 Å². The van der Waals surface area contributed by atoms with E-state index in [9.17, 15) is 9.59 Å². The summed E-state index contributed by atoms with van der Waals surface area (Å²) >= 11 is 0. The van der Waals surface area contributed by atoms with E-state index in [0.29, 0.717) is 17.0 Å². The van der Waals surface area contributed by atoms with Gasteiger partial charge in [0.2, 0.25) is 5.56 Å². The monoisotopic (exact) mass is 281 g/mol. The molecule has 21 heavy (non-hydrogen) atoms. The summed E-state index contributed by atoms with van der Waals surface area (Å²) in [5.74, 6) is 0.316. The van der Waals surface area contributed by atoms with E-state index in [4.69, 9.17) is 4.42 Å². The molecule has 6 nitrogen and oxygen atoms in total. The van der Waals surface area contributed by atoms with Crippen molar-refractivity contribution in [3.05, 3.63) is 71.1 Å². The smallest absolute Gasteiger partial charge is 0.257 e. The lowest BCUT2D eigenvalue weighted by atomic mass is 10.1. The molecule has 0 unspecified atom stereocenters. The Balaban J connectivity index is 1.82. The number of carbonyl (C=O) groups excluding carboxylic acids is 1. The molecular weight excluding hydrogens is 270 g/mol. The summed E-state index contributed by atoms with van der Waals surface area (Å²) in [6, 6.07) is 9.98. The number of hydrogen-bond donors (Lipinski definition) is 2. The van der Waals surface area contributed by atoms with Crippen molar-refractivity contribution in [3.8, 4) is 11.3 Å². The second kappa shape index (κ2) is 5.46. The second-order valence-electron chi connectivity index (χ2n) is 4.34. The third kappa shape index (κ3) is 2.89. The molecule has 0 fully saturated rings. The zero-order valence-corrected chi connectivity index (χ0v) is 10.9. The quantitative estimate of drug-likeness (QED) is 0.771. The molecule has 0 aliphatic carbocycles. The predicted octanol–water partition coefficient (Wildman–Crippen LogP) is 2.28. The van der Waals surface area contributed by atoms with Gasteiger partial charge < -0.3 is 14.7 Å². The van der Waals surface area contributed by atoms with E-state index in [1.54, 1.807) is 24.4 Å². The van der Waals surface area contributed by atoms with Crippen molar-refractivity contribution in [3.63, 3.8) is 0 Å². The average molecular weight is 281 g/mol. The molecule has 0 saturated carbocycles. The maximum Gasteiger partial charge on any atom is 0.257 e. The SMILES string of the molecule is O=C(Nc1cccc(-c2cnco2)c1)c1ccc(=O)[nH]c1. The number of aromatic amines is 1. The Morgan fingerprint density at radius 3 is 2.86 bits per heavy atom. The third-order valence-electron chi connectivity index (χ3n) is 2.88. The minimum Gasteiger partial charge on any atom is -0.444 e. The number of nitrogens with zero attached hydrogens (tertiary/aromatic N) is 1. The van der Waals surface area contributed by atoms with Gasteiger partial charge in [-0.05, 0) is 18.2 Å². The van der Waals surface area contributed by atoms with Crippen LogP contribution in [-0.4, -0.2) is 15.9 Å². The molecule has 1 aromatic carbocycles. The standard InChI is InChI=1S/C15H11N3O3/c19-14-5-4-11(7-17-14)15(20)18-12-3-1-2-10(6-12)13-8-16-9-21-13/h1-9H,(H,17,19)(H,18,20). The molecule has 2 aromatic heterocycles. The fraction of sp³-hybridized carbons (Fsp3) is 0. The molecule has 0 aliphatic heterocycles. The maximum absolute atomic E-state index is 12.1. The Hall–Kier alpha value is -3.15. The third-order valence-corrected chi connectivity index (χ3v) is 2.88.